The Hall–Kier alpha value is -1.03. The lowest BCUT2D eigenvalue weighted by Gasteiger charge is -2.30. The number of nitrogens with zero attached hydrogens (tertiary/aromatic N) is 2. The average molecular weight is 251 g/mol. The number of aryl methyl sites for hydroxylation is 1. The van der Waals surface area contributed by atoms with Crippen molar-refractivity contribution in [1.82, 2.24) is 14.5 Å². The second-order valence-electron chi connectivity index (χ2n) is 5.31. The molecule has 1 aromatic heterocycles. The first kappa shape index (κ1) is 13.4. The minimum Gasteiger partial charge on any atom is -0.315 e. The highest BCUT2D eigenvalue weighted by molar-refractivity contribution is 4.85. The van der Waals surface area contributed by atoms with E-state index in [-0.39, 0.29) is 5.69 Å². The molecule has 0 saturated heterocycles. The van der Waals surface area contributed by atoms with Gasteiger partial charge < -0.3 is 5.32 Å². The SMILES string of the molecule is CCn1ccn(CC(NC)C2CCCCC2)c1=O. The molecule has 0 spiro atoms. The second kappa shape index (κ2) is 6.23. The van der Waals surface area contributed by atoms with Crippen molar-refractivity contribution in [3.05, 3.63) is 22.9 Å². The summed E-state index contributed by atoms with van der Waals surface area (Å²) in [6.07, 6.45) is 10.5. The third-order valence-corrected chi connectivity index (χ3v) is 4.24. The Labute approximate surface area is 109 Å². The van der Waals surface area contributed by atoms with Crippen LogP contribution in [0.2, 0.25) is 0 Å². The Morgan fingerprint density at radius 1 is 1.28 bits per heavy atom. The molecule has 0 aromatic carbocycles. The summed E-state index contributed by atoms with van der Waals surface area (Å²) in [5, 5.41) is 3.41. The summed E-state index contributed by atoms with van der Waals surface area (Å²) < 4.78 is 3.60. The molecular formula is C14H25N3O. The van der Waals surface area contributed by atoms with Crippen molar-refractivity contribution in [3.63, 3.8) is 0 Å². The second-order valence-corrected chi connectivity index (χ2v) is 5.31. The molecule has 1 saturated carbocycles. The van der Waals surface area contributed by atoms with Gasteiger partial charge in [0.15, 0.2) is 0 Å². The molecule has 0 radical (unpaired) electrons. The average Bonchev–Trinajstić information content (AvgIpc) is 2.77. The Morgan fingerprint density at radius 3 is 2.50 bits per heavy atom. The van der Waals surface area contributed by atoms with Gasteiger partial charge in [0.2, 0.25) is 0 Å². The van der Waals surface area contributed by atoms with E-state index in [2.05, 4.69) is 5.32 Å². The third kappa shape index (κ3) is 2.86. The fourth-order valence-electron chi connectivity index (χ4n) is 3.06. The van der Waals surface area contributed by atoms with Crippen LogP contribution < -0.4 is 11.0 Å². The van der Waals surface area contributed by atoms with E-state index in [0.29, 0.717) is 6.04 Å². The van der Waals surface area contributed by atoms with Gasteiger partial charge >= 0.3 is 5.69 Å². The van der Waals surface area contributed by atoms with Crippen LogP contribution in [0.4, 0.5) is 0 Å². The lowest BCUT2D eigenvalue weighted by molar-refractivity contribution is 0.256. The van der Waals surface area contributed by atoms with Crippen LogP contribution in [0.25, 0.3) is 0 Å². The van der Waals surface area contributed by atoms with E-state index in [1.807, 2.05) is 30.9 Å². The molecule has 1 aromatic rings. The molecule has 1 aliphatic rings. The molecule has 102 valence electrons. The van der Waals surface area contributed by atoms with Crippen LogP contribution in [0.3, 0.4) is 0 Å². The molecule has 1 unspecified atom stereocenters. The van der Waals surface area contributed by atoms with E-state index in [4.69, 9.17) is 0 Å². The fourth-order valence-corrected chi connectivity index (χ4v) is 3.06. The standard InChI is InChI=1S/C14H25N3O/c1-3-16-9-10-17(14(16)18)11-13(15-2)12-7-5-4-6-8-12/h9-10,12-13,15H,3-8,11H2,1-2H3. The molecule has 1 aliphatic carbocycles. The maximum atomic E-state index is 12.0. The molecule has 0 aliphatic heterocycles. The highest BCUT2D eigenvalue weighted by Crippen LogP contribution is 2.26. The first-order valence-corrected chi connectivity index (χ1v) is 7.19. The van der Waals surface area contributed by atoms with Gasteiger partial charge in [0.25, 0.3) is 0 Å². The smallest absolute Gasteiger partial charge is 0.315 e. The maximum absolute atomic E-state index is 12.0. The van der Waals surface area contributed by atoms with Gasteiger partial charge in [0.05, 0.1) is 0 Å². The van der Waals surface area contributed by atoms with Gasteiger partial charge in [0.1, 0.15) is 0 Å². The van der Waals surface area contributed by atoms with Crippen molar-refractivity contribution < 1.29 is 0 Å². The lowest BCUT2D eigenvalue weighted by atomic mass is 9.84. The van der Waals surface area contributed by atoms with E-state index < -0.39 is 0 Å². The lowest BCUT2D eigenvalue weighted by Crippen LogP contribution is -2.40. The number of hydrogen-bond acceptors (Lipinski definition) is 2. The number of aromatic nitrogens is 2. The quantitative estimate of drug-likeness (QED) is 0.867. The van der Waals surface area contributed by atoms with Gasteiger partial charge in [-0.2, -0.15) is 0 Å². The van der Waals surface area contributed by atoms with E-state index in [0.717, 1.165) is 19.0 Å². The van der Waals surface area contributed by atoms with Crippen LogP contribution >= 0.6 is 0 Å². The fraction of sp³-hybridized carbons (Fsp3) is 0.786. The molecule has 0 bridgehead atoms. The van der Waals surface area contributed by atoms with Crippen LogP contribution in [-0.2, 0) is 13.1 Å². The van der Waals surface area contributed by atoms with Crippen LogP contribution in [0.15, 0.2) is 17.2 Å². The van der Waals surface area contributed by atoms with Gasteiger partial charge in [-0.1, -0.05) is 19.3 Å². The Kier molecular flexibility index (Phi) is 4.64. The summed E-state index contributed by atoms with van der Waals surface area (Å²) in [7, 11) is 2.02. The Bertz CT molecular complexity index is 415. The van der Waals surface area contributed by atoms with E-state index in [1.54, 1.807) is 4.57 Å². The zero-order valence-corrected chi connectivity index (χ0v) is 11.6. The van der Waals surface area contributed by atoms with Crippen molar-refractivity contribution in [3.8, 4) is 0 Å². The Balaban J connectivity index is 2.04. The number of hydrogen-bond donors (Lipinski definition) is 1. The summed E-state index contributed by atoms with van der Waals surface area (Å²) in [5.74, 6) is 0.723. The normalized spacial score (nSPS) is 19.0. The van der Waals surface area contributed by atoms with Crippen molar-refractivity contribution in [2.24, 2.45) is 5.92 Å². The number of nitrogens with one attached hydrogen (secondary N) is 1. The van der Waals surface area contributed by atoms with Crippen LogP contribution in [0.1, 0.15) is 39.0 Å². The molecule has 1 fully saturated rings. The van der Waals surface area contributed by atoms with Gasteiger partial charge in [-0.3, -0.25) is 9.13 Å². The van der Waals surface area contributed by atoms with Crippen LogP contribution in [0.5, 0.6) is 0 Å². The molecule has 0 amide bonds. The largest absolute Gasteiger partial charge is 0.328 e. The summed E-state index contributed by atoms with van der Waals surface area (Å²) in [4.78, 5) is 12.0. The first-order valence-electron chi connectivity index (χ1n) is 7.19. The predicted molar refractivity (Wildman–Crippen MR) is 73.8 cm³/mol. The van der Waals surface area contributed by atoms with Gasteiger partial charge in [0, 0.05) is 31.5 Å². The highest BCUT2D eigenvalue weighted by atomic mass is 16.1. The first-order chi connectivity index (χ1) is 8.76. The van der Waals surface area contributed by atoms with Crippen LogP contribution in [-0.4, -0.2) is 22.2 Å². The van der Waals surface area contributed by atoms with Gasteiger partial charge in [-0.15, -0.1) is 0 Å². The monoisotopic (exact) mass is 251 g/mol. The van der Waals surface area contributed by atoms with Crippen molar-refractivity contribution in [2.45, 2.75) is 58.2 Å². The molecule has 4 nitrogen and oxygen atoms in total. The molecule has 1 heterocycles. The molecule has 18 heavy (non-hydrogen) atoms. The van der Waals surface area contributed by atoms with E-state index in [1.165, 1.54) is 32.1 Å². The number of imidazole rings is 1. The van der Waals surface area contributed by atoms with Crippen LogP contribution in [0, 0.1) is 5.92 Å². The number of rotatable bonds is 5. The third-order valence-electron chi connectivity index (χ3n) is 4.24. The van der Waals surface area contributed by atoms with Gasteiger partial charge in [-0.25, -0.2) is 4.79 Å². The molecule has 2 rings (SSSR count). The maximum Gasteiger partial charge on any atom is 0.328 e. The minimum atomic E-state index is 0.119. The van der Waals surface area contributed by atoms with E-state index >= 15 is 0 Å². The zero-order chi connectivity index (χ0) is 13.0. The molecule has 1 N–H and O–H groups in total. The number of likely N-dealkylation sites (N-methyl/N-ethyl adjacent to an activating group) is 1. The predicted octanol–water partition coefficient (Wildman–Crippen LogP) is 1.84. The van der Waals surface area contributed by atoms with Crippen molar-refractivity contribution in [2.75, 3.05) is 7.05 Å². The Morgan fingerprint density at radius 2 is 1.94 bits per heavy atom. The summed E-state index contributed by atoms with van der Waals surface area (Å²) in [5.41, 5.74) is 0.119. The van der Waals surface area contributed by atoms with Gasteiger partial charge in [-0.05, 0) is 32.7 Å². The minimum absolute atomic E-state index is 0.119. The summed E-state index contributed by atoms with van der Waals surface area (Å²) in [6, 6.07) is 0.427. The molecule has 1 atom stereocenters. The van der Waals surface area contributed by atoms with Crippen molar-refractivity contribution >= 4 is 0 Å². The highest BCUT2D eigenvalue weighted by Gasteiger charge is 2.23. The summed E-state index contributed by atoms with van der Waals surface area (Å²) in [6.45, 7) is 3.55. The van der Waals surface area contributed by atoms with Crippen molar-refractivity contribution in [1.29, 1.82) is 0 Å². The topological polar surface area (TPSA) is 39.0 Å². The van der Waals surface area contributed by atoms with E-state index in [9.17, 15) is 4.79 Å². The molecular weight excluding hydrogens is 226 g/mol. The zero-order valence-electron chi connectivity index (χ0n) is 11.6. The molecule has 4 heteroatoms. The summed E-state index contributed by atoms with van der Waals surface area (Å²) >= 11 is 0.